The second kappa shape index (κ2) is 9.16. The number of methoxy groups -OCH3 is 3. The van der Waals surface area contributed by atoms with Gasteiger partial charge in [0.1, 0.15) is 11.5 Å². The van der Waals surface area contributed by atoms with E-state index >= 15 is 0 Å². The van der Waals surface area contributed by atoms with Crippen molar-refractivity contribution in [2.45, 2.75) is 0 Å². The molecule has 0 saturated carbocycles. The van der Waals surface area contributed by atoms with Crippen LogP contribution in [0.1, 0.15) is 16.1 Å². The SMILES string of the molecule is COc1cc(C(=O)N/N=C\c2ccc(-c3ccc(Cl)cc3)o2)cc(OC)c1OC. The summed E-state index contributed by atoms with van der Waals surface area (Å²) >= 11 is 5.89. The lowest BCUT2D eigenvalue weighted by Crippen LogP contribution is -2.18. The first-order chi connectivity index (χ1) is 14.0. The van der Waals surface area contributed by atoms with Crippen LogP contribution in [0, 0.1) is 0 Å². The van der Waals surface area contributed by atoms with Crippen LogP contribution in [-0.4, -0.2) is 33.5 Å². The zero-order valence-electron chi connectivity index (χ0n) is 16.1. The van der Waals surface area contributed by atoms with Crippen LogP contribution in [-0.2, 0) is 0 Å². The normalized spacial score (nSPS) is 10.8. The molecule has 0 aliphatic carbocycles. The highest BCUT2D eigenvalue weighted by molar-refractivity contribution is 6.30. The molecule has 1 heterocycles. The molecule has 0 spiro atoms. The summed E-state index contributed by atoms with van der Waals surface area (Å²) < 4.78 is 21.4. The van der Waals surface area contributed by atoms with Gasteiger partial charge in [0.2, 0.25) is 5.75 Å². The molecule has 1 aromatic heterocycles. The van der Waals surface area contributed by atoms with E-state index < -0.39 is 5.91 Å². The predicted molar refractivity (Wildman–Crippen MR) is 110 cm³/mol. The number of halogens is 1. The second-order valence-corrected chi connectivity index (χ2v) is 6.26. The minimum atomic E-state index is -0.440. The van der Waals surface area contributed by atoms with Gasteiger partial charge in [0.25, 0.3) is 5.91 Å². The van der Waals surface area contributed by atoms with E-state index in [9.17, 15) is 4.79 Å². The number of rotatable bonds is 7. The monoisotopic (exact) mass is 414 g/mol. The molecule has 0 saturated heterocycles. The maximum Gasteiger partial charge on any atom is 0.271 e. The van der Waals surface area contributed by atoms with E-state index in [1.54, 1.807) is 18.2 Å². The fourth-order valence-electron chi connectivity index (χ4n) is 2.62. The van der Waals surface area contributed by atoms with Crippen molar-refractivity contribution < 1.29 is 23.4 Å². The Morgan fingerprint density at radius 1 is 1.00 bits per heavy atom. The molecule has 1 amide bonds. The van der Waals surface area contributed by atoms with E-state index in [1.807, 2.05) is 18.2 Å². The van der Waals surface area contributed by atoms with Crippen molar-refractivity contribution in [3.63, 3.8) is 0 Å². The number of hydrogen-bond donors (Lipinski definition) is 1. The van der Waals surface area contributed by atoms with Gasteiger partial charge in [0, 0.05) is 16.1 Å². The van der Waals surface area contributed by atoms with Crippen molar-refractivity contribution in [3.8, 4) is 28.6 Å². The number of furan rings is 1. The molecule has 3 aromatic rings. The summed E-state index contributed by atoms with van der Waals surface area (Å²) in [4.78, 5) is 12.4. The van der Waals surface area contributed by atoms with Crippen molar-refractivity contribution in [2.24, 2.45) is 5.10 Å². The number of carbonyl (C=O) groups excluding carboxylic acids is 1. The third kappa shape index (κ3) is 4.70. The first-order valence-corrected chi connectivity index (χ1v) is 8.92. The average molecular weight is 415 g/mol. The van der Waals surface area contributed by atoms with Crippen LogP contribution >= 0.6 is 11.6 Å². The van der Waals surface area contributed by atoms with Gasteiger partial charge in [-0.3, -0.25) is 4.79 Å². The minimum absolute atomic E-state index is 0.304. The number of amides is 1. The molecule has 0 fully saturated rings. The molecule has 29 heavy (non-hydrogen) atoms. The summed E-state index contributed by atoms with van der Waals surface area (Å²) in [5.41, 5.74) is 3.63. The summed E-state index contributed by atoms with van der Waals surface area (Å²) in [5.74, 6) is 1.86. The van der Waals surface area contributed by atoms with Crippen LogP contribution in [0.15, 0.2) is 58.0 Å². The van der Waals surface area contributed by atoms with Crippen molar-refractivity contribution in [1.82, 2.24) is 5.43 Å². The highest BCUT2D eigenvalue weighted by atomic mass is 35.5. The fourth-order valence-corrected chi connectivity index (χ4v) is 2.75. The molecule has 0 radical (unpaired) electrons. The molecule has 150 valence electrons. The number of nitrogens with one attached hydrogen (secondary N) is 1. The molecule has 2 aromatic carbocycles. The molecule has 1 N–H and O–H groups in total. The minimum Gasteiger partial charge on any atom is -0.493 e. The van der Waals surface area contributed by atoms with Gasteiger partial charge in [-0.2, -0.15) is 5.10 Å². The zero-order chi connectivity index (χ0) is 20.8. The van der Waals surface area contributed by atoms with Gasteiger partial charge in [0.05, 0.1) is 27.5 Å². The smallest absolute Gasteiger partial charge is 0.271 e. The predicted octanol–water partition coefficient (Wildman–Crippen LogP) is 4.39. The zero-order valence-corrected chi connectivity index (χ0v) is 16.8. The van der Waals surface area contributed by atoms with Gasteiger partial charge >= 0.3 is 0 Å². The van der Waals surface area contributed by atoms with Gasteiger partial charge in [-0.05, 0) is 48.5 Å². The van der Waals surface area contributed by atoms with Gasteiger partial charge in [-0.15, -0.1) is 0 Å². The van der Waals surface area contributed by atoms with Crippen LogP contribution in [0.4, 0.5) is 0 Å². The number of carbonyl (C=O) groups is 1. The Kier molecular flexibility index (Phi) is 6.41. The van der Waals surface area contributed by atoms with E-state index in [-0.39, 0.29) is 0 Å². The Balaban J connectivity index is 1.71. The maximum atomic E-state index is 12.4. The summed E-state index contributed by atoms with van der Waals surface area (Å²) in [6.07, 6.45) is 1.41. The Morgan fingerprint density at radius 3 is 2.24 bits per heavy atom. The Bertz CT molecular complexity index is 1000. The van der Waals surface area contributed by atoms with E-state index in [2.05, 4.69) is 10.5 Å². The summed E-state index contributed by atoms with van der Waals surface area (Å²) in [6, 6.07) is 13.9. The molecule has 3 rings (SSSR count). The second-order valence-electron chi connectivity index (χ2n) is 5.82. The van der Waals surface area contributed by atoms with Crippen molar-refractivity contribution in [3.05, 3.63) is 64.9 Å². The molecule has 0 aliphatic rings. The Labute approximate surface area is 172 Å². The number of nitrogens with zero attached hydrogens (tertiary/aromatic N) is 1. The summed E-state index contributed by atoms with van der Waals surface area (Å²) in [7, 11) is 4.45. The Hall–Kier alpha value is -3.45. The van der Waals surface area contributed by atoms with E-state index in [1.165, 1.54) is 39.7 Å². The van der Waals surface area contributed by atoms with E-state index in [0.29, 0.717) is 39.4 Å². The third-order valence-electron chi connectivity index (χ3n) is 4.04. The largest absolute Gasteiger partial charge is 0.493 e. The quantitative estimate of drug-likeness (QED) is 0.458. The average Bonchev–Trinajstić information content (AvgIpc) is 3.21. The number of ether oxygens (including phenoxy) is 3. The lowest BCUT2D eigenvalue weighted by Gasteiger charge is -2.13. The molecule has 0 bridgehead atoms. The van der Waals surface area contributed by atoms with Crippen LogP contribution in [0.5, 0.6) is 17.2 Å². The topological polar surface area (TPSA) is 82.3 Å². The van der Waals surface area contributed by atoms with Gasteiger partial charge in [-0.25, -0.2) is 5.43 Å². The van der Waals surface area contributed by atoms with Crippen LogP contribution in [0.3, 0.4) is 0 Å². The summed E-state index contributed by atoms with van der Waals surface area (Å²) in [5, 5.41) is 4.59. The lowest BCUT2D eigenvalue weighted by molar-refractivity contribution is 0.0954. The third-order valence-corrected chi connectivity index (χ3v) is 4.29. The number of benzene rings is 2. The van der Waals surface area contributed by atoms with E-state index in [4.69, 9.17) is 30.2 Å². The first-order valence-electron chi connectivity index (χ1n) is 8.55. The van der Waals surface area contributed by atoms with Gasteiger partial charge in [-0.1, -0.05) is 11.6 Å². The molecule has 0 atom stereocenters. The maximum absolute atomic E-state index is 12.4. The van der Waals surface area contributed by atoms with E-state index in [0.717, 1.165) is 5.56 Å². The first kappa shape index (κ1) is 20.3. The fraction of sp³-hybridized carbons (Fsp3) is 0.143. The standard InChI is InChI=1S/C21H19ClN2O5/c1-26-18-10-14(11-19(27-2)20(18)28-3)21(25)24-23-12-16-8-9-17(29-16)13-4-6-15(22)7-5-13/h4-12H,1-3H3,(H,24,25)/b23-12-. The van der Waals surface area contributed by atoms with Crippen LogP contribution in [0.25, 0.3) is 11.3 Å². The number of hydrogen-bond acceptors (Lipinski definition) is 6. The van der Waals surface area contributed by atoms with Crippen LogP contribution < -0.4 is 19.6 Å². The molecular weight excluding hydrogens is 396 g/mol. The van der Waals surface area contributed by atoms with Crippen LogP contribution in [0.2, 0.25) is 5.02 Å². The van der Waals surface area contributed by atoms with Crippen molar-refractivity contribution in [1.29, 1.82) is 0 Å². The Morgan fingerprint density at radius 2 is 1.66 bits per heavy atom. The van der Waals surface area contributed by atoms with Crippen molar-refractivity contribution in [2.75, 3.05) is 21.3 Å². The highest BCUT2D eigenvalue weighted by Gasteiger charge is 2.16. The van der Waals surface area contributed by atoms with Crippen molar-refractivity contribution >= 4 is 23.7 Å². The summed E-state index contributed by atoms with van der Waals surface area (Å²) in [6.45, 7) is 0. The molecule has 7 nitrogen and oxygen atoms in total. The molecule has 8 heteroatoms. The van der Waals surface area contributed by atoms with Gasteiger partial charge < -0.3 is 18.6 Å². The molecule has 0 unspecified atom stereocenters. The number of hydrazone groups is 1. The highest BCUT2D eigenvalue weighted by Crippen LogP contribution is 2.38. The van der Waals surface area contributed by atoms with Gasteiger partial charge in [0.15, 0.2) is 11.5 Å². The molecule has 0 aliphatic heterocycles. The molecular formula is C21H19ClN2O5. The lowest BCUT2D eigenvalue weighted by atomic mass is 10.1.